The Hall–Kier alpha value is -1.45. The molecule has 7 nitrogen and oxygen atoms in total. The number of carbonyl (C=O) groups excluding carboxylic acids is 2. The van der Waals surface area contributed by atoms with Gasteiger partial charge in [0.1, 0.15) is 0 Å². The molecular weight excluding hydrogens is 434 g/mol. The summed E-state index contributed by atoms with van der Waals surface area (Å²) in [5.41, 5.74) is 5.34. The van der Waals surface area contributed by atoms with E-state index >= 15 is 0 Å². The van der Waals surface area contributed by atoms with Gasteiger partial charge in [-0.2, -0.15) is 4.31 Å². The molecule has 0 aliphatic carbocycles. The molecular formula is C18H24BrN3O4S. The highest BCUT2D eigenvalue weighted by molar-refractivity contribution is 9.10. The van der Waals surface area contributed by atoms with Gasteiger partial charge in [0.2, 0.25) is 21.8 Å². The van der Waals surface area contributed by atoms with Gasteiger partial charge in [0.15, 0.2) is 0 Å². The van der Waals surface area contributed by atoms with Crippen LogP contribution in [0.2, 0.25) is 0 Å². The average molecular weight is 458 g/mol. The van der Waals surface area contributed by atoms with Gasteiger partial charge in [-0.1, -0.05) is 15.9 Å². The highest BCUT2D eigenvalue weighted by atomic mass is 79.9. The Morgan fingerprint density at radius 3 is 2.22 bits per heavy atom. The first kappa shape index (κ1) is 20.3. The van der Waals surface area contributed by atoms with Crippen molar-refractivity contribution in [3.63, 3.8) is 0 Å². The van der Waals surface area contributed by atoms with Gasteiger partial charge >= 0.3 is 0 Å². The monoisotopic (exact) mass is 457 g/mol. The second kappa shape index (κ2) is 8.28. The molecule has 1 atom stereocenters. The Morgan fingerprint density at radius 1 is 1.00 bits per heavy atom. The molecule has 9 heteroatoms. The van der Waals surface area contributed by atoms with E-state index in [0.29, 0.717) is 45.3 Å². The van der Waals surface area contributed by atoms with E-state index in [1.165, 1.54) is 4.31 Å². The van der Waals surface area contributed by atoms with Crippen LogP contribution in [0.25, 0.3) is 0 Å². The zero-order chi connectivity index (χ0) is 19.6. The maximum absolute atomic E-state index is 12.9. The predicted octanol–water partition coefficient (Wildman–Crippen LogP) is 1.57. The van der Waals surface area contributed by atoms with Crippen molar-refractivity contribution in [3.05, 3.63) is 28.7 Å². The number of likely N-dealkylation sites (tertiary alicyclic amines) is 1. The van der Waals surface area contributed by atoms with Crippen molar-refractivity contribution in [1.82, 2.24) is 9.21 Å². The summed E-state index contributed by atoms with van der Waals surface area (Å²) in [5, 5.41) is 0. The van der Waals surface area contributed by atoms with E-state index in [0.717, 1.165) is 4.47 Å². The number of piperidine rings is 2. The molecule has 2 fully saturated rings. The number of amides is 2. The zero-order valence-electron chi connectivity index (χ0n) is 15.0. The molecule has 1 aromatic carbocycles. The van der Waals surface area contributed by atoms with E-state index in [1.54, 1.807) is 29.2 Å². The molecule has 2 amide bonds. The van der Waals surface area contributed by atoms with Gasteiger partial charge in [0.05, 0.1) is 10.8 Å². The molecule has 2 N–H and O–H groups in total. The SMILES string of the molecule is NC(=O)C1CCN(C(=O)[C@H]2CCCN(S(=O)(=O)c3ccc(Br)cc3)C2)CC1. The minimum atomic E-state index is -3.62. The highest BCUT2D eigenvalue weighted by Crippen LogP contribution is 2.27. The van der Waals surface area contributed by atoms with E-state index in [1.807, 2.05) is 0 Å². The molecule has 1 aromatic rings. The van der Waals surface area contributed by atoms with E-state index < -0.39 is 10.0 Å². The van der Waals surface area contributed by atoms with Gasteiger partial charge in [-0.05, 0) is 49.9 Å². The topological polar surface area (TPSA) is 101 Å². The fraction of sp³-hybridized carbons (Fsp3) is 0.556. The second-order valence-corrected chi connectivity index (χ2v) is 10.0. The molecule has 0 spiro atoms. The van der Waals surface area contributed by atoms with Crippen LogP contribution in [0.4, 0.5) is 0 Å². The van der Waals surface area contributed by atoms with E-state index in [9.17, 15) is 18.0 Å². The van der Waals surface area contributed by atoms with Crippen molar-refractivity contribution in [2.45, 2.75) is 30.6 Å². The highest BCUT2D eigenvalue weighted by Gasteiger charge is 2.36. The van der Waals surface area contributed by atoms with Crippen LogP contribution in [-0.4, -0.2) is 55.6 Å². The molecule has 27 heavy (non-hydrogen) atoms. The third-order valence-electron chi connectivity index (χ3n) is 5.39. The van der Waals surface area contributed by atoms with Crippen LogP contribution in [-0.2, 0) is 19.6 Å². The quantitative estimate of drug-likeness (QED) is 0.740. The Morgan fingerprint density at radius 2 is 1.63 bits per heavy atom. The molecule has 2 saturated heterocycles. The number of sulfonamides is 1. The third kappa shape index (κ3) is 4.52. The molecule has 2 aliphatic rings. The fourth-order valence-electron chi connectivity index (χ4n) is 3.76. The molecule has 2 aliphatic heterocycles. The normalized spacial score (nSPS) is 22.6. The van der Waals surface area contributed by atoms with Crippen molar-refractivity contribution >= 4 is 37.8 Å². The molecule has 3 rings (SSSR count). The molecule has 0 aromatic heterocycles. The maximum Gasteiger partial charge on any atom is 0.243 e. The van der Waals surface area contributed by atoms with Crippen LogP contribution >= 0.6 is 15.9 Å². The van der Waals surface area contributed by atoms with Crippen molar-refractivity contribution < 1.29 is 18.0 Å². The van der Waals surface area contributed by atoms with Crippen LogP contribution in [0, 0.1) is 11.8 Å². The lowest BCUT2D eigenvalue weighted by atomic mass is 9.93. The molecule has 0 bridgehead atoms. The number of rotatable bonds is 4. The Kier molecular flexibility index (Phi) is 6.22. The van der Waals surface area contributed by atoms with Gasteiger partial charge in [-0.25, -0.2) is 8.42 Å². The van der Waals surface area contributed by atoms with Crippen LogP contribution < -0.4 is 5.73 Å². The van der Waals surface area contributed by atoms with Gasteiger partial charge < -0.3 is 10.6 Å². The number of primary amides is 1. The first-order valence-corrected chi connectivity index (χ1v) is 11.4. The molecule has 0 unspecified atom stereocenters. The fourth-order valence-corrected chi connectivity index (χ4v) is 5.55. The van der Waals surface area contributed by atoms with Crippen LogP contribution in [0.15, 0.2) is 33.6 Å². The third-order valence-corrected chi connectivity index (χ3v) is 7.80. The van der Waals surface area contributed by atoms with Crippen LogP contribution in [0.1, 0.15) is 25.7 Å². The van der Waals surface area contributed by atoms with Crippen molar-refractivity contribution in [2.75, 3.05) is 26.2 Å². The lowest BCUT2D eigenvalue weighted by Crippen LogP contribution is -2.49. The van der Waals surface area contributed by atoms with Crippen molar-refractivity contribution in [1.29, 1.82) is 0 Å². The first-order valence-electron chi connectivity index (χ1n) is 9.13. The van der Waals surface area contributed by atoms with Crippen molar-refractivity contribution in [2.24, 2.45) is 17.6 Å². The van der Waals surface area contributed by atoms with Gasteiger partial charge in [0.25, 0.3) is 0 Å². The first-order chi connectivity index (χ1) is 12.8. The average Bonchev–Trinajstić information content (AvgIpc) is 2.68. The summed E-state index contributed by atoms with van der Waals surface area (Å²) in [7, 11) is -3.62. The predicted molar refractivity (Wildman–Crippen MR) is 104 cm³/mol. The minimum Gasteiger partial charge on any atom is -0.369 e. The van der Waals surface area contributed by atoms with Crippen LogP contribution in [0.5, 0.6) is 0 Å². The summed E-state index contributed by atoms with van der Waals surface area (Å²) in [6.07, 6.45) is 2.49. The molecule has 0 radical (unpaired) electrons. The number of nitrogens with two attached hydrogens (primary N) is 1. The minimum absolute atomic E-state index is 0.0198. The van der Waals surface area contributed by atoms with Crippen molar-refractivity contribution in [3.8, 4) is 0 Å². The van der Waals surface area contributed by atoms with Gasteiger partial charge in [0, 0.05) is 36.6 Å². The van der Waals surface area contributed by atoms with E-state index in [4.69, 9.17) is 5.73 Å². The number of carbonyl (C=O) groups is 2. The summed E-state index contributed by atoms with van der Waals surface area (Å²) in [6, 6.07) is 6.53. The summed E-state index contributed by atoms with van der Waals surface area (Å²) in [4.78, 5) is 26.1. The Bertz CT molecular complexity index is 804. The lowest BCUT2D eigenvalue weighted by molar-refractivity contribution is -0.139. The smallest absolute Gasteiger partial charge is 0.243 e. The number of benzene rings is 1. The van der Waals surface area contributed by atoms with E-state index in [-0.39, 0.29) is 35.1 Å². The van der Waals surface area contributed by atoms with E-state index in [2.05, 4.69) is 15.9 Å². The summed E-state index contributed by atoms with van der Waals surface area (Å²) >= 11 is 3.31. The lowest BCUT2D eigenvalue weighted by Gasteiger charge is -2.37. The Labute approximate surface area is 168 Å². The zero-order valence-corrected chi connectivity index (χ0v) is 17.4. The number of hydrogen-bond donors (Lipinski definition) is 1. The number of nitrogens with zero attached hydrogens (tertiary/aromatic N) is 2. The van der Waals surface area contributed by atoms with Gasteiger partial charge in [-0.15, -0.1) is 0 Å². The standard InChI is InChI=1S/C18H24BrN3O4S/c19-15-3-5-16(6-4-15)27(25,26)22-9-1-2-14(12-22)18(24)21-10-7-13(8-11-21)17(20)23/h3-6,13-14H,1-2,7-12H2,(H2,20,23)/t14-/m0/s1. The summed E-state index contributed by atoms with van der Waals surface area (Å²) in [5.74, 6) is -0.844. The maximum atomic E-state index is 12.9. The molecule has 2 heterocycles. The van der Waals surface area contributed by atoms with Gasteiger partial charge in [-0.3, -0.25) is 9.59 Å². The largest absolute Gasteiger partial charge is 0.369 e. The summed E-state index contributed by atoms with van der Waals surface area (Å²) in [6.45, 7) is 1.63. The Balaban J connectivity index is 1.66. The molecule has 0 saturated carbocycles. The molecule has 148 valence electrons. The number of hydrogen-bond acceptors (Lipinski definition) is 4. The second-order valence-electron chi connectivity index (χ2n) is 7.16. The van der Waals surface area contributed by atoms with Crippen LogP contribution in [0.3, 0.4) is 0 Å². The summed E-state index contributed by atoms with van der Waals surface area (Å²) < 4.78 is 28.0. The number of halogens is 1.